The SMILES string of the molecule is C[C@@H]1O[C@@H](OCCOCCNC(=O)CCOCCOCCOCCOCCNC(=O)COc2ccc(-c3cccc(C(=O)NCCNC(=O)O)c3)cc2)[C@H](O)[C@H](O)[C@H]1O. The monoisotopic (exact) mass is 838 g/mol. The quantitative estimate of drug-likeness (QED) is 0.0451. The van der Waals surface area contributed by atoms with Crippen LogP contribution < -0.4 is 26.0 Å². The number of rotatable bonds is 30. The van der Waals surface area contributed by atoms with Gasteiger partial charge in [-0.2, -0.15) is 0 Å². The first-order valence-corrected chi connectivity index (χ1v) is 19.4. The maximum absolute atomic E-state index is 12.4. The van der Waals surface area contributed by atoms with Crippen molar-refractivity contribution in [1.82, 2.24) is 21.3 Å². The first-order valence-electron chi connectivity index (χ1n) is 19.4. The predicted molar refractivity (Wildman–Crippen MR) is 209 cm³/mol. The summed E-state index contributed by atoms with van der Waals surface area (Å²) in [5.74, 6) is -0.296. The number of carbonyl (C=O) groups excluding carboxylic acids is 3. The van der Waals surface area contributed by atoms with E-state index in [2.05, 4.69) is 21.3 Å². The smallest absolute Gasteiger partial charge is 0.404 e. The van der Waals surface area contributed by atoms with E-state index in [1.54, 1.807) is 37.3 Å². The molecule has 4 amide bonds. The number of nitrogens with one attached hydrogen (secondary N) is 4. The van der Waals surface area contributed by atoms with Gasteiger partial charge in [-0.1, -0.05) is 24.3 Å². The van der Waals surface area contributed by atoms with E-state index < -0.39 is 36.8 Å². The molecule has 1 saturated heterocycles. The van der Waals surface area contributed by atoms with Gasteiger partial charge in [0, 0.05) is 38.2 Å². The highest BCUT2D eigenvalue weighted by molar-refractivity contribution is 5.95. The molecule has 330 valence electrons. The molecule has 3 rings (SSSR count). The summed E-state index contributed by atoms with van der Waals surface area (Å²) in [5.41, 5.74) is 2.09. The Labute approximate surface area is 342 Å². The van der Waals surface area contributed by atoms with E-state index in [-0.39, 0.29) is 70.3 Å². The van der Waals surface area contributed by atoms with Crippen LogP contribution in [-0.2, 0) is 42.7 Å². The zero-order valence-electron chi connectivity index (χ0n) is 33.2. The minimum atomic E-state index is -1.37. The van der Waals surface area contributed by atoms with Crippen LogP contribution in [0.5, 0.6) is 5.75 Å². The fourth-order valence-electron chi connectivity index (χ4n) is 5.25. The molecule has 0 radical (unpaired) electrons. The van der Waals surface area contributed by atoms with Gasteiger partial charge in [-0.25, -0.2) is 4.79 Å². The first-order chi connectivity index (χ1) is 28.5. The third-order valence-corrected chi connectivity index (χ3v) is 8.41. The normalized spacial score (nSPS) is 18.8. The van der Waals surface area contributed by atoms with E-state index in [0.29, 0.717) is 70.7 Å². The molecule has 0 unspecified atom stereocenters. The minimum absolute atomic E-state index is 0.0929. The van der Waals surface area contributed by atoms with Crippen LogP contribution in [-0.4, -0.2) is 180 Å². The Bertz CT molecular complexity index is 1520. The molecule has 1 aliphatic heterocycles. The summed E-state index contributed by atoms with van der Waals surface area (Å²) in [7, 11) is 0. The second-order valence-electron chi connectivity index (χ2n) is 12.9. The summed E-state index contributed by atoms with van der Waals surface area (Å²) >= 11 is 0. The van der Waals surface area contributed by atoms with Crippen molar-refractivity contribution in [3.05, 3.63) is 54.1 Å². The molecule has 8 N–H and O–H groups in total. The van der Waals surface area contributed by atoms with Gasteiger partial charge in [0.1, 0.15) is 24.1 Å². The molecule has 5 atom stereocenters. The predicted octanol–water partition coefficient (Wildman–Crippen LogP) is -0.721. The maximum Gasteiger partial charge on any atom is 0.404 e. The van der Waals surface area contributed by atoms with Gasteiger partial charge in [-0.3, -0.25) is 14.4 Å². The lowest BCUT2D eigenvalue weighted by molar-refractivity contribution is -0.294. The van der Waals surface area contributed by atoms with Gasteiger partial charge < -0.3 is 79.6 Å². The van der Waals surface area contributed by atoms with Crippen LogP contribution in [0, 0.1) is 0 Å². The number of carboxylic acid groups (broad SMARTS) is 1. The van der Waals surface area contributed by atoms with Crippen LogP contribution in [0.4, 0.5) is 4.79 Å². The zero-order chi connectivity index (χ0) is 42.7. The Hall–Kier alpha value is -4.48. The van der Waals surface area contributed by atoms with Crippen molar-refractivity contribution in [2.24, 2.45) is 0 Å². The zero-order valence-corrected chi connectivity index (χ0v) is 33.2. The lowest BCUT2D eigenvalue weighted by Crippen LogP contribution is -2.57. The van der Waals surface area contributed by atoms with Crippen LogP contribution in [0.15, 0.2) is 48.5 Å². The van der Waals surface area contributed by atoms with Gasteiger partial charge in [0.15, 0.2) is 12.9 Å². The van der Waals surface area contributed by atoms with E-state index in [1.165, 1.54) is 0 Å². The fourth-order valence-corrected chi connectivity index (χ4v) is 5.25. The number of benzene rings is 2. The summed E-state index contributed by atoms with van der Waals surface area (Å²) in [5, 5.41) is 48.3. The number of amides is 4. The highest BCUT2D eigenvalue weighted by Crippen LogP contribution is 2.24. The summed E-state index contributed by atoms with van der Waals surface area (Å²) in [6.07, 6.45) is -6.65. The second-order valence-corrected chi connectivity index (χ2v) is 12.9. The van der Waals surface area contributed by atoms with Crippen molar-refractivity contribution in [2.75, 3.05) is 105 Å². The van der Waals surface area contributed by atoms with Crippen molar-refractivity contribution in [3.63, 3.8) is 0 Å². The lowest BCUT2D eigenvalue weighted by atomic mass is 10.0. The van der Waals surface area contributed by atoms with Gasteiger partial charge >= 0.3 is 6.09 Å². The molecule has 0 aromatic heterocycles. The van der Waals surface area contributed by atoms with Crippen molar-refractivity contribution in [3.8, 4) is 16.9 Å². The third-order valence-electron chi connectivity index (χ3n) is 8.41. The van der Waals surface area contributed by atoms with Gasteiger partial charge in [0.25, 0.3) is 11.8 Å². The molecular formula is C39H58N4O16. The van der Waals surface area contributed by atoms with E-state index in [9.17, 15) is 34.5 Å². The molecule has 0 saturated carbocycles. The molecule has 1 fully saturated rings. The van der Waals surface area contributed by atoms with Crippen LogP contribution in [0.1, 0.15) is 23.7 Å². The highest BCUT2D eigenvalue weighted by atomic mass is 16.7. The van der Waals surface area contributed by atoms with Gasteiger partial charge in [-0.05, 0) is 42.3 Å². The molecule has 1 aliphatic rings. The largest absolute Gasteiger partial charge is 0.484 e. The molecular weight excluding hydrogens is 780 g/mol. The molecule has 20 heteroatoms. The van der Waals surface area contributed by atoms with E-state index in [0.717, 1.165) is 11.1 Å². The first kappa shape index (κ1) is 48.9. The van der Waals surface area contributed by atoms with Crippen LogP contribution in [0.25, 0.3) is 11.1 Å². The Morgan fingerprint density at radius 2 is 1.19 bits per heavy atom. The third kappa shape index (κ3) is 20.4. The Morgan fingerprint density at radius 1 is 0.610 bits per heavy atom. The summed E-state index contributed by atoms with van der Waals surface area (Å²) < 4.78 is 43.4. The lowest BCUT2D eigenvalue weighted by Gasteiger charge is -2.38. The Kier molecular flexibility index (Phi) is 23.9. The van der Waals surface area contributed by atoms with Crippen molar-refractivity contribution in [2.45, 2.75) is 44.1 Å². The van der Waals surface area contributed by atoms with Gasteiger partial charge in [-0.15, -0.1) is 0 Å². The van der Waals surface area contributed by atoms with Crippen LogP contribution in [0.2, 0.25) is 0 Å². The molecule has 59 heavy (non-hydrogen) atoms. The average Bonchev–Trinajstić information content (AvgIpc) is 3.23. The standard InChI is InChI=1S/C39H58N4O16/c1-27-34(46)35(47)36(48)38(59-27)57-24-23-54-15-12-40-32(44)9-14-52-17-19-55-21-22-56-20-18-53-16-13-41-33(45)26-58-31-7-5-28(6-8-31)29-3-2-4-30(25-29)37(49)42-10-11-43-39(50)51/h2-8,25,27,34-36,38,43,46-48H,9-24,26H2,1H3,(H,40,44)(H,41,45)(H,42,49)(H,50,51)/t27-,34-,35+,36+,38+/m0/s1. The number of hydrogen-bond acceptors (Lipinski definition) is 15. The minimum Gasteiger partial charge on any atom is -0.484 e. The molecule has 2 aromatic rings. The second kappa shape index (κ2) is 28.9. The van der Waals surface area contributed by atoms with Crippen molar-refractivity contribution < 1.29 is 77.5 Å². The van der Waals surface area contributed by atoms with Crippen molar-refractivity contribution >= 4 is 23.8 Å². The van der Waals surface area contributed by atoms with Gasteiger partial charge in [0.05, 0.1) is 78.8 Å². The summed E-state index contributed by atoms with van der Waals surface area (Å²) in [4.78, 5) is 47.0. The summed E-state index contributed by atoms with van der Waals surface area (Å²) in [6.45, 7) is 5.47. The van der Waals surface area contributed by atoms with Crippen LogP contribution in [0.3, 0.4) is 0 Å². The van der Waals surface area contributed by atoms with E-state index in [4.69, 9.17) is 43.0 Å². The number of carbonyl (C=O) groups is 4. The maximum atomic E-state index is 12.4. The number of ether oxygens (including phenoxy) is 8. The van der Waals surface area contributed by atoms with Crippen LogP contribution >= 0.6 is 0 Å². The van der Waals surface area contributed by atoms with Crippen molar-refractivity contribution in [1.29, 1.82) is 0 Å². The average molecular weight is 839 g/mol. The number of hydrogen-bond donors (Lipinski definition) is 8. The van der Waals surface area contributed by atoms with E-state index >= 15 is 0 Å². The van der Waals surface area contributed by atoms with Gasteiger partial charge in [0.2, 0.25) is 5.91 Å². The summed E-state index contributed by atoms with van der Waals surface area (Å²) in [6, 6.07) is 14.1. The molecule has 0 aliphatic carbocycles. The molecule has 0 bridgehead atoms. The molecule has 1 heterocycles. The molecule has 0 spiro atoms. The highest BCUT2D eigenvalue weighted by Gasteiger charge is 2.42. The topological polar surface area (TPSA) is 271 Å². The Balaban J connectivity index is 1.06. The molecule has 2 aromatic carbocycles. The number of aliphatic hydroxyl groups is 3. The fraction of sp³-hybridized carbons (Fsp3) is 0.590. The molecule has 20 nitrogen and oxygen atoms in total. The van der Waals surface area contributed by atoms with E-state index in [1.807, 2.05) is 18.2 Å². The number of aliphatic hydroxyl groups excluding tert-OH is 3. The Morgan fingerprint density at radius 3 is 1.83 bits per heavy atom.